The summed E-state index contributed by atoms with van der Waals surface area (Å²) in [5.74, 6) is -2.61. The van der Waals surface area contributed by atoms with Gasteiger partial charge < -0.3 is 19.7 Å². The van der Waals surface area contributed by atoms with Crippen LogP contribution in [0.4, 0.5) is 0 Å². The van der Waals surface area contributed by atoms with Gasteiger partial charge in [-0.15, -0.1) is 11.8 Å². The first kappa shape index (κ1) is 19.7. The Morgan fingerprint density at radius 1 is 1.43 bits per heavy atom. The van der Waals surface area contributed by atoms with Crippen molar-refractivity contribution in [1.82, 2.24) is 14.8 Å². The molecule has 0 spiro atoms. The number of nitrogens with zero attached hydrogens (tertiary/aromatic N) is 2. The Labute approximate surface area is 163 Å². The molecule has 0 bridgehead atoms. The van der Waals surface area contributed by atoms with Gasteiger partial charge in [0, 0.05) is 24.4 Å². The predicted molar refractivity (Wildman–Crippen MR) is 96.1 cm³/mol. The van der Waals surface area contributed by atoms with Crippen molar-refractivity contribution < 1.29 is 33.8 Å². The molecule has 10 nitrogen and oxygen atoms in total. The maximum atomic E-state index is 12.5. The zero-order valence-corrected chi connectivity index (χ0v) is 15.6. The maximum absolute atomic E-state index is 12.5. The molecule has 28 heavy (non-hydrogen) atoms. The fourth-order valence-corrected chi connectivity index (χ4v) is 4.36. The topological polar surface area (TPSA) is 135 Å². The van der Waals surface area contributed by atoms with E-state index in [1.165, 1.54) is 23.3 Å². The molecule has 0 aliphatic carbocycles. The number of ether oxygens (including phenoxy) is 1. The molecular formula is C17H17N3O7S. The van der Waals surface area contributed by atoms with Gasteiger partial charge in [0.25, 0.3) is 5.91 Å². The standard InChI is InChI=1S/C17H17N3O7S/c1-9(22)27-7-10-8-28-16-13(15(24)20(16)14(10)17(25)26)18-12(23)5-19-4-2-3-11(19)6-21/h2-4,6,13,16H,5,7-8H2,1H3,(H,18,23)(H,25,26)/t13-,16-/m1/s1. The van der Waals surface area contributed by atoms with E-state index in [0.29, 0.717) is 17.6 Å². The molecule has 0 radical (unpaired) electrons. The van der Waals surface area contributed by atoms with Gasteiger partial charge in [-0.25, -0.2) is 4.79 Å². The van der Waals surface area contributed by atoms with Crippen LogP contribution in [0.25, 0.3) is 0 Å². The van der Waals surface area contributed by atoms with Crippen LogP contribution in [0, 0.1) is 0 Å². The quantitative estimate of drug-likeness (QED) is 0.354. The molecule has 0 aromatic carbocycles. The number of carboxylic acid groups (broad SMARTS) is 1. The van der Waals surface area contributed by atoms with E-state index in [0.717, 1.165) is 4.90 Å². The zero-order valence-electron chi connectivity index (χ0n) is 14.8. The fraction of sp³-hybridized carbons (Fsp3) is 0.353. The number of amides is 2. The van der Waals surface area contributed by atoms with Gasteiger partial charge >= 0.3 is 11.9 Å². The SMILES string of the molecule is CC(=O)OCC1=C(C(=O)O)N2C(=O)[C@@H](NC(=O)Cn3cccc3C=O)[C@H]2SC1. The molecule has 2 aliphatic heterocycles. The maximum Gasteiger partial charge on any atom is 0.352 e. The number of fused-ring (bicyclic) bond motifs is 1. The van der Waals surface area contributed by atoms with Crippen molar-refractivity contribution in [3.8, 4) is 0 Å². The normalized spacial score (nSPS) is 20.9. The summed E-state index contributed by atoms with van der Waals surface area (Å²) in [4.78, 5) is 59.4. The lowest BCUT2D eigenvalue weighted by Gasteiger charge is -2.49. The highest BCUT2D eigenvalue weighted by molar-refractivity contribution is 8.00. The molecule has 1 saturated heterocycles. The van der Waals surface area contributed by atoms with E-state index in [2.05, 4.69) is 5.32 Å². The first-order valence-corrected chi connectivity index (χ1v) is 9.31. The summed E-state index contributed by atoms with van der Waals surface area (Å²) in [5.41, 5.74) is 0.439. The number of nitrogens with one attached hydrogen (secondary N) is 1. The second kappa shape index (κ2) is 7.89. The first-order valence-electron chi connectivity index (χ1n) is 8.26. The van der Waals surface area contributed by atoms with E-state index in [1.54, 1.807) is 18.3 Å². The molecule has 2 atom stereocenters. The van der Waals surface area contributed by atoms with E-state index in [9.17, 15) is 29.1 Å². The Morgan fingerprint density at radius 3 is 2.82 bits per heavy atom. The Bertz CT molecular complexity index is 891. The van der Waals surface area contributed by atoms with Crippen LogP contribution in [-0.2, 0) is 30.5 Å². The number of thioether (sulfide) groups is 1. The summed E-state index contributed by atoms with van der Waals surface area (Å²) < 4.78 is 6.31. The number of rotatable bonds is 7. The molecule has 3 heterocycles. The van der Waals surface area contributed by atoms with Crippen LogP contribution in [-0.4, -0.2) is 68.4 Å². The molecule has 2 amide bonds. The number of β-lactam (4-membered cyclic amide) rings is 1. The largest absolute Gasteiger partial charge is 0.477 e. The van der Waals surface area contributed by atoms with Gasteiger partial charge in [0.05, 0.1) is 5.69 Å². The minimum atomic E-state index is -1.30. The third kappa shape index (κ3) is 3.65. The lowest BCUT2D eigenvalue weighted by atomic mass is 10.0. The van der Waals surface area contributed by atoms with Gasteiger partial charge in [-0.1, -0.05) is 0 Å². The number of hydrogen-bond acceptors (Lipinski definition) is 7. The van der Waals surface area contributed by atoms with Crippen molar-refractivity contribution in [1.29, 1.82) is 0 Å². The molecule has 2 N–H and O–H groups in total. The van der Waals surface area contributed by atoms with Crippen LogP contribution in [0.3, 0.4) is 0 Å². The van der Waals surface area contributed by atoms with Gasteiger partial charge in [-0.2, -0.15) is 0 Å². The Hall–Kier alpha value is -3.08. The minimum absolute atomic E-state index is 0.137. The molecule has 0 saturated carbocycles. The molecule has 1 fully saturated rings. The van der Waals surface area contributed by atoms with E-state index in [4.69, 9.17) is 4.74 Å². The van der Waals surface area contributed by atoms with Gasteiger partial charge in [0.2, 0.25) is 5.91 Å². The summed E-state index contributed by atoms with van der Waals surface area (Å²) in [6, 6.07) is 2.32. The van der Waals surface area contributed by atoms with Gasteiger partial charge in [-0.3, -0.25) is 24.1 Å². The van der Waals surface area contributed by atoms with Crippen LogP contribution in [0.1, 0.15) is 17.4 Å². The summed E-state index contributed by atoms with van der Waals surface area (Å²) in [6.07, 6.45) is 2.19. The zero-order chi connectivity index (χ0) is 20.4. The summed E-state index contributed by atoms with van der Waals surface area (Å²) in [6.45, 7) is 0.863. The molecule has 2 aliphatic rings. The van der Waals surface area contributed by atoms with Gasteiger partial charge in [0.15, 0.2) is 6.29 Å². The Balaban J connectivity index is 1.69. The lowest BCUT2D eigenvalue weighted by Crippen LogP contribution is -2.70. The lowest BCUT2D eigenvalue weighted by molar-refractivity contribution is -0.151. The third-order valence-electron chi connectivity index (χ3n) is 4.32. The molecule has 1 aromatic rings. The van der Waals surface area contributed by atoms with Crippen LogP contribution < -0.4 is 5.32 Å². The number of hydrogen-bond donors (Lipinski definition) is 2. The van der Waals surface area contributed by atoms with Crippen LogP contribution in [0.2, 0.25) is 0 Å². The van der Waals surface area contributed by atoms with E-state index >= 15 is 0 Å². The first-order chi connectivity index (χ1) is 13.3. The number of carboxylic acids is 1. The van der Waals surface area contributed by atoms with Crippen molar-refractivity contribution in [3.63, 3.8) is 0 Å². The second-order valence-corrected chi connectivity index (χ2v) is 7.28. The average molecular weight is 407 g/mol. The van der Waals surface area contributed by atoms with Crippen molar-refractivity contribution in [2.45, 2.75) is 24.9 Å². The molecule has 11 heteroatoms. The highest BCUT2D eigenvalue weighted by Gasteiger charge is 2.54. The number of esters is 1. The third-order valence-corrected chi connectivity index (χ3v) is 5.65. The number of carbonyl (C=O) groups excluding carboxylic acids is 4. The molecule has 3 rings (SSSR count). The fourth-order valence-electron chi connectivity index (χ4n) is 3.04. The number of aldehydes is 1. The highest BCUT2D eigenvalue weighted by Crippen LogP contribution is 2.40. The smallest absolute Gasteiger partial charge is 0.352 e. The van der Waals surface area contributed by atoms with Crippen LogP contribution >= 0.6 is 11.8 Å². The Morgan fingerprint density at radius 2 is 2.18 bits per heavy atom. The molecule has 0 unspecified atom stereocenters. The summed E-state index contributed by atoms with van der Waals surface area (Å²) >= 11 is 1.28. The second-order valence-electron chi connectivity index (χ2n) is 6.17. The summed E-state index contributed by atoms with van der Waals surface area (Å²) in [7, 11) is 0. The highest BCUT2D eigenvalue weighted by atomic mass is 32.2. The Kier molecular flexibility index (Phi) is 5.54. The van der Waals surface area contributed by atoms with Gasteiger partial charge in [-0.05, 0) is 12.1 Å². The van der Waals surface area contributed by atoms with Crippen molar-refractivity contribution in [2.75, 3.05) is 12.4 Å². The molecule has 148 valence electrons. The predicted octanol–water partition coefficient (Wildman–Crippen LogP) is -0.398. The summed E-state index contributed by atoms with van der Waals surface area (Å²) in [5, 5.41) is 11.5. The monoisotopic (exact) mass is 407 g/mol. The molecular weight excluding hydrogens is 390 g/mol. The van der Waals surface area contributed by atoms with E-state index in [1.807, 2.05) is 0 Å². The van der Waals surface area contributed by atoms with E-state index < -0.39 is 35.2 Å². The van der Waals surface area contributed by atoms with Crippen LogP contribution in [0.5, 0.6) is 0 Å². The number of aliphatic carboxylic acids is 1. The molecule has 1 aromatic heterocycles. The average Bonchev–Trinajstić information content (AvgIpc) is 3.10. The van der Waals surface area contributed by atoms with Gasteiger partial charge in [0.1, 0.15) is 30.3 Å². The van der Waals surface area contributed by atoms with Crippen molar-refractivity contribution in [3.05, 3.63) is 35.3 Å². The van der Waals surface area contributed by atoms with Crippen LogP contribution in [0.15, 0.2) is 29.6 Å². The number of carbonyl (C=O) groups is 5. The van der Waals surface area contributed by atoms with Crippen molar-refractivity contribution in [2.24, 2.45) is 0 Å². The number of aromatic nitrogens is 1. The minimum Gasteiger partial charge on any atom is -0.477 e. The van der Waals surface area contributed by atoms with E-state index in [-0.39, 0.29) is 24.6 Å². The van der Waals surface area contributed by atoms with Crippen molar-refractivity contribution >= 4 is 41.8 Å².